The lowest BCUT2D eigenvalue weighted by atomic mass is 9.86. The van der Waals surface area contributed by atoms with Crippen LogP contribution in [0.3, 0.4) is 0 Å². The van der Waals surface area contributed by atoms with E-state index in [1.807, 2.05) is 6.20 Å². The summed E-state index contributed by atoms with van der Waals surface area (Å²) in [7, 11) is 2.13. The van der Waals surface area contributed by atoms with Crippen LogP contribution in [0, 0.1) is 0 Å². The Morgan fingerprint density at radius 2 is 1.19 bits per heavy atom. The van der Waals surface area contributed by atoms with Crippen molar-refractivity contribution in [2.45, 2.75) is 46.0 Å². The molecule has 7 nitrogen and oxygen atoms in total. The first-order chi connectivity index (χ1) is 33.1. The molecular weight excluding hydrogens is 833 g/mol. The molecule has 0 atom stereocenters. The summed E-state index contributed by atoms with van der Waals surface area (Å²) in [6.45, 7) is 11.9. The molecule has 0 saturated carbocycles. The van der Waals surface area contributed by atoms with Gasteiger partial charge in [0.2, 0.25) is 0 Å². The van der Waals surface area contributed by atoms with Crippen molar-refractivity contribution in [2.75, 3.05) is 23.5 Å². The molecule has 0 saturated heterocycles. The summed E-state index contributed by atoms with van der Waals surface area (Å²) in [5, 5.41) is 4.68. The van der Waals surface area contributed by atoms with E-state index < -0.39 is 0 Å². The molecule has 4 aromatic heterocycles. The van der Waals surface area contributed by atoms with Crippen molar-refractivity contribution >= 4 is 60.8 Å². The number of hydrogen-bond acceptors (Lipinski definition) is 5. The molecule has 7 aromatic carbocycles. The normalized spacial score (nSPS) is 12.9. The molecule has 1 aliphatic rings. The third kappa shape index (κ3) is 6.88. The molecule has 12 rings (SSSR count). The highest BCUT2D eigenvalue weighted by molar-refractivity contribution is 6.17. The van der Waals surface area contributed by atoms with Gasteiger partial charge >= 0.3 is 0 Å². The van der Waals surface area contributed by atoms with E-state index in [2.05, 4.69) is 243 Å². The summed E-state index contributed by atoms with van der Waals surface area (Å²) in [4.78, 5) is 14.9. The van der Waals surface area contributed by atoms with E-state index in [0.29, 0.717) is 12.6 Å². The number of benzene rings is 7. The Hall–Kier alpha value is -8.16. The number of hydrogen-bond donors (Lipinski definition) is 0. The van der Waals surface area contributed by atoms with Crippen LogP contribution >= 0.6 is 0 Å². The second-order valence-corrected chi connectivity index (χ2v) is 19.4. The molecule has 5 heterocycles. The van der Waals surface area contributed by atoms with Crippen molar-refractivity contribution in [3.05, 3.63) is 199 Å². The van der Waals surface area contributed by atoms with Crippen molar-refractivity contribution < 1.29 is 4.74 Å². The summed E-state index contributed by atoms with van der Waals surface area (Å²) in [5.74, 6) is 3.64. The number of pyridine rings is 2. The molecule has 0 unspecified atom stereocenters. The van der Waals surface area contributed by atoms with Gasteiger partial charge in [0.15, 0.2) is 5.82 Å². The highest BCUT2D eigenvalue weighted by Crippen LogP contribution is 2.45. The lowest BCUT2D eigenvalue weighted by molar-refractivity contribution is 0.479. The molecule has 1 aliphatic heterocycles. The third-order valence-corrected chi connectivity index (χ3v) is 13.6. The Morgan fingerprint density at radius 1 is 0.544 bits per heavy atom. The standard InChI is InChI=1S/C61H52N6O/c1-39(2)53-29-30-55-60(63-53)65(38-64(55)6)44-33-42(61(3,4)5)34-46(35-44)68-45-27-28-50-49-21-13-14-26-54(49)67(56(50)37-45)57-36-43(31-32-62-57)66-58-47(40-17-9-7-10-18-40)22-15-24-51(58)52-25-16-23-48(59(52)66)41-19-11-8-12-20-41/h7-37,39H,38H2,1-6H3. The Balaban J connectivity index is 1.02. The lowest BCUT2D eigenvalue weighted by Crippen LogP contribution is -2.24. The molecule has 68 heavy (non-hydrogen) atoms. The van der Waals surface area contributed by atoms with E-state index in [1.54, 1.807) is 0 Å². The fourth-order valence-corrected chi connectivity index (χ4v) is 10.2. The van der Waals surface area contributed by atoms with Gasteiger partial charge in [0, 0.05) is 75.5 Å². The average molecular weight is 885 g/mol. The van der Waals surface area contributed by atoms with Gasteiger partial charge in [0.05, 0.1) is 40.1 Å². The molecular formula is C61H52N6O. The molecule has 0 bridgehead atoms. The Bertz CT molecular complexity index is 3630. The lowest BCUT2D eigenvalue weighted by Gasteiger charge is -2.25. The topological polar surface area (TPSA) is 51.4 Å². The summed E-state index contributed by atoms with van der Waals surface area (Å²) >= 11 is 0. The molecule has 11 aromatic rings. The number of anilines is 3. The van der Waals surface area contributed by atoms with Crippen LogP contribution in [0.15, 0.2) is 188 Å². The SMILES string of the molecule is CC(C)c1ccc2c(n1)N(c1cc(Oc3ccc4c5ccccc5n(-c5cc(-n6c7c(-c8ccccc8)cccc7c7cccc(-c8ccccc8)c76)ccn5)c4c3)cc(C(C)(C)C)c1)CN2C. The summed E-state index contributed by atoms with van der Waals surface area (Å²) in [5.41, 5.74) is 14.4. The maximum absolute atomic E-state index is 6.98. The van der Waals surface area contributed by atoms with Crippen LogP contribution in [-0.4, -0.2) is 32.8 Å². The van der Waals surface area contributed by atoms with Gasteiger partial charge < -0.3 is 19.1 Å². The fraction of sp³-hybridized carbons (Fsp3) is 0.148. The van der Waals surface area contributed by atoms with Crippen LogP contribution in [0.1, 0.15) is 51.8 Å². The number of fused-ring (bicyclic) bond motifs is 7. The van der Waals surface area contributed by atoms with E-state index in [1.165, 1.54) is 38.6 Å². The predicted molar refractivity (Wildman–Crippen MR) is 283 cm³/mol. The maximum atomic E-state index is 6.98. The minimum absolute atomic E-state index is 0.122. The zero-order valence-corrected chi connectivity index (χ0v) is 39.3. The average Bonchev–Trinajstić information content (AvgIpc) is 4.01. The van der Waals surface area contributed by atoms with Crippen LogP contribution < -0.4 is 14.5 Å². The van der Waals surface area contributed by atoms with Crippen LogP contribution in [0.4, 0.5) is 17.2 Å². The number of ether oxygens (including phenoxy) is 1. The zero-order valence-electron chi connectivity index (χ0n) is 39.3. The highest BCUT2D eigenvalue weighted by Gasteiger charge is 2.29. The van der Waals surface area contributed by atoms with Gasteiger partial charge in [-0.3, -0.25) is 4.57 Å². The minimum atomic E-state index is -0.122. The summed E-state index contributed by atoms with van der Waals surface area (Å²) in [6.07, 6.45) is 1.95. The van der Waals surface area contributed by atoms with Gasteiger partial charge in [-0.15, -0.1) is 0 Å². The highest BCUT2D eigenvalue weighted by atomic mass is 16.5. The van der Waals surface area contributed by atoms with E-state index in [0.717, 1.165) is 78.7 Å². The van der Waals surface area contributed by atoms with Crippen molar-refractivity contribution in [2.24, 2.45) is 0 Å². The van der Waals surface area contributed by atoms with Gasteiger partial charge in [-0.2, -0.15) is 0 Å². The summed E-state index contributed by atoms with van der Waals surface area (Å²) in [6, 6.07) is 65.3. The van der Waals surface area contributed by atoms with E-state index in [9.17, 15) is 0 Å². The second-order valence-electron chi connectivity index (χ2n) is 19.4. The van der Waals surface area contributed by atoms with Crippen molar-refractivity contribution in [3.63, 3.8) is 0 Å². The zero-order chi connectivity index (χ0) is 46.3. The largest absolute Gasteiger partial charge is 0.457 e. The van der Waals surface area contributed by atoms with E-state index in [4.69, 9.17) is 14.7 Å². The van der Waals surface area contributed by atoms with Crippen LogP contribution in [0.25, 0.3) is 77.4 Å². The Kier molecular flexibility index (Phi) is 9.73. The fourth-order valence-electron chi connectivity index (χ4n) is 10.2. The van der Waals surface area contributed by atoms with Crippen LogP contribution in [0.2, 0.25) is 0 Å². The van der Waals surface area contributed by atoms with Gasteiger partial charge in [-0.05, 0) is 76.6 Å². The maximum Gasteiger partial charge on any atom is 0.158 e. The molecule has 0 aliphatic carbocycles. The van der Waals surface area contributed by atoms with E-state index in [-0.39, 0.29) is 5.41 Å². The first-order valence-corrected chi connectivity index (χ1v) is 23.6. The minimum Gasteiger partial charge on any atom is -0.457 e. The molecule has 0 fully saturated rings. The second kappa shape index (κ2) is 16.0. The molecule has 7 heteroatoms. The van der Waals surface area contributed by atoms with Gasteiger partial charge in [0.1, 0.15) is 17.3 Å². The molecule has 0 N–H and O–H groups in total. The number of aromatic nitrogens is 4. The van der Waals surface area contributed by atoms with Crippen molar-refractivity contribution in [1.82, 2.24) is 19.1 Å². The Morgan fingerprint density at radius 3 is 1.87 bits per heavy atom. The smallest absolute Gasteiger partial charge is 0.158 e. The molecule has 332 valence electrons. The van der Waals surface area contributed by atoms with Crippen LogP contribution in [0.5, 0.6) is 11.5 Å². The van der Waals surface area contributed by atoms with Crippen LogP contribution in [-0.2, 0) is 5.41 Å². The number of nitrogens with zero attached hydrogens (tertiary/aromatic N) is 6. The third-order valence-electron chi connectivity index (χ3n) is 13.6. The molecule has 0 spiro atoms. The molecule has 0 radical (unpaired) electrons. The number of rotatable bonds is 8. The Labute approximate surface area is 397 Å². The van der Waals surface area contributed by atoms with Gasteiger partial charge in [0.25, 0.3) is 0 Å². The first kappa shape index (κ1) is 41.3. The van der Waals surface area contributed by atoms with Crippen molar-refractivity contribution in [1.29, 1.82) is 0 Å². The predicted octanol–water partition coefficient (Wildman–Crippen LogP) is 15.8. The molecule has 0 amide bonds. The van der Waals surface area contributed by atoms with Crippen molar-refractivity contribution in [3.8, 4) is 45.3 Å². The number of para-hydroxylation sites is 3. The van der Waals surface area contributed by atoms with Gasteiger partial charge in [-0.25, -0.2) is 9.97 Å². The quantitative estimate of drug-likeness (QED) is 0.152. The van der Waals surface area contributed by atoms with E-state index >= 15 is 0 Å². The monoisotopic (exact) mass is 884 g/mol. The first-order valence-electron chi connectivity index (χ1n) is 23.6. The van der Waals surface area contributed by atoms with Gasteiger partial charge in [-0.1, -0.05) is 150 Å². The summed E-state index contributed by atoms with van der Waals surface area (Å²) < 4.78 is 11.7.